The molecule has 1 heterocycles. The van der Waals surface area contributed by atoms with Crippen molar-refractivity contribution in [3.8, 4) is 0 Å². The van der Waals surface area contributed by atoms with Gasteiger partial charge in [-0.3, -0.25) is 0 Å². The molecule has 0 aliphatic carbocycles. The Bertz CT molecular complexity index is 287. The van der Waals surface area contributed by atoms with Gasteiger partial charge >= 0.3 is 0 Å². The Morgan fingerprint density at radius 3 is 2.50 bits per heavy atom. The first kappa shape index (κ1) is 12.3. The summed E-state index contributed by atoms with van der Waals surface area (Å²) in [4.78, 5) is 0. The maximum atomic E-state index is 11.7. The lowest BCUT2D eigenvalue weighted by Gasteiger charge is -2.19. The van der Waals surface area contributed by atoms with Crippen molar-refractivity contribution in [2.75, 3.05) is 24.7 Å². The lowest BCUT2D eigenvalue weighted by atomic mass is 9.93. The van der Waals surface area contributed by atoms with Crippen LogP contribution in [0.15, 0.2) is 0 Å². The molecule has 3 nitrogen and oxygen atoms in total. The predicted molar refractivity (Wildman–Crippen MR) is 59.1 cm³/mol. The highest BCUT2D eigenvalue weighted by atomic mass is 35.5. The molecule has 1 fully saturated rings. The molecule has 1 rings (SSSR count). The molecule has 0 amide bonds. The van der Waals surface area contributed by atoms with Crippen LogP contribution >= 0.6 is 11.6 Å². The summed E-state index contributed by atoms with van der Waals surface area (Å²) in [5, 5.41) is 0. The zero-order valence-electron chi connectivity index (χ0n) is 8.79. The van der Waals surface area contributed by atoms with Crippen LogP contribution < -0.4 is 0 Å². The third-order valence-electron chi connectivity index (χ3n) is 2.57. The van der Waals surface area contributed by atoms with Crippen LogP contribution in [-0.2, 0) is 10.0 Å². The molecule has 0 aromatic rings. The summed E-state index contributed by atoms with van der Waals surface area (Å²) in [5.74, 6) is 0.600. The van der Waals surface area contributed by atoms with Crippen LogP contribution in [0.5, 0.6) is 0 Å². The summed E-state index contributed by atoms with van der Waals surface area (Å²) in [6, 6.07) is 0. The third kappa shape index (κ3) is 3.11. The molecule has 0 N–H and O–H groups in total. The Morgan fingerprint density at radius 2 is 2.07 bits per heavy atom. The summed E-state index contributed by atoms with van der Waals surface area (Å²) in [6.07, 6.45) is 1.49. The van der Waals surface area contributed by atoms with Gasteiger partial charge in [-0.05, 0) is 18.3 Å². The Hall–Kier alpha value is 0.200. The topological polar surface area (TPSA) is 37.4 Å². The van der Waals surface area contributed by atoms with Gasteiger partial charge in [0.25, 0.3) is 0 Å². The first-order valence-electron chi connectivity index (χ1n) is 4.91. The molecular formula is C9H18ClNO2S. The molecule has 0 spiro atoms. The van der Waals surface area contributed by atoms with Crippen molar-refractivity contribution >= 4 is 21.6 Å². The number of halogens is 1. The molecule has 1 aliphatic rings. The minimum absolute atomic E-state index is 0.133. The Balaban J connectivity index is 2.58. The van der Waals surface area contributed by atoms with Crippen molar-refractivity contribution in [3.05, 3.63) is 0 Å². The second kappa shape index (κ2) is 4.37. The lowest BCUT2D eigenvalue weighted by Crippen LogP contribution is -2.32. The van der Waals surface area contributed by atoms with E-state index in [9.17, 15) is 8.42 Å². The van der Waals surface area contributed by atoms with Crippen LogP contribution in [0, 0.1) is 5.41 Å². The molecule has 0 radical (unpaired) electrons. The molecule has 14 heavy (non-hydrogen) atoms. The van der Waals surface area contributed by atoms with Gasteiger partial charge in [0, 0.05) is 19.0 Å². The van der Waals surface area contributed by atoms with Gasteiger partial charge in [-0.25, -0.2) is 12.7 Å². The molecule has 1 saturated heterocycles. The van der Waals surface area contributed by atoms with Gasteiger partial charge in [-0.2, -0.15) is 0 Å². The monoisotopic (exact) mass is 239 g/mol. The molecule has 0 aromatic heterocycles. The summed E-state index contributed by atoms with van der Waals surface area (Å²) in [5.41, 5.74) is 0.133. The van der Waals surface area contributed by atoms with E-state index in [0.29, 0.717) is 25.4 Å². The molecule has 0 saturated carbocycles. The van der Waals surface area contributed by atoms with Crippen LogP contribution in [-0.4, -0.2) is 37.4 Å². The van der Waals surface area contributed by atoms with Crippen LogP contribution in [0.25, 0.3) is 0 Å². The second-order valence-corrected chi connectivity index (χ2v) is 7.07. The summed E-state index contributed by atoms with van der Waals surface area (Å²) in [6.45, 7) is 5.52. The molecular weight excluding hydrogens is 222 g/mol. The number of alkyl halides is 1. The molecule has 0 bridgehead atoms. The molecule has 0 aromatic carbocycles. The SMILES string of the molecule is CC1(C)CCN(S(=O)(=O)CCCCl)C1. The summed E-state index contributed by atoms with van der Waals surface area (Å²) in [7, 11) is -3.04. The highest BCUT2D eigenvalue weighted by molar-refractivity contribution is 7.89. The molecule has 84 valence electrons. The maximum Gasteiger partial charge on any atom is 0.214 e. The Kier molecular flexibility index (Phi) is 3.83. The van der Waals surface area contributed by atoms with Crippen LogP contribution in [0.2, 0.25) is 0 Å². The molecule has 5 heteroatoms. The van der Waals surface area contributed by atoms with Gasteiger partial charge in [0.1, 0.15) is 0 Å². The highest BCUT2D eigenvalue weighted by Crippen LogP contribution is 2.30. The number of sulfonamides is 1. The van der Waals surface area contributed by atoms with Crippen LogP contribution in [0.1, 0.15) is 26.7 Å². The Labute approximate surface area is 91.5 Å². The zero-order chi connectivity index (χ0) is 10.8. The standard InChI is InChI=1S/C9H18ClNO2S/c1-9(2)4-6-11(8-9)14(12,13)7-3-5-10/h3-8H2,1-2H3. The van der Waals surface area contributed by atoms with E-state index in [2.05, 4.69) is 13.8 Å². The number of hydrogen-bond donors (Lipinski definition) is 0. The summed E-state index contributed by atoms with van der Waals surface area (Å²) >= 11 is 5.49. The smallest absolute Gasteiger partial charge is 0.212 e. The lowest BCUT2D eigenvalue weighted by molar-refractivity contribution is 0.375. The fraction of sp³-hybridized carbons (Fsp3) is 1.00. The van der Waals surface area contributed by atoms with Crippen molar-refractivity contribution in [3.63, 3.8) is 0 Å². The number of hydrogen-bond acceptors (Lipinski definition) is 2. The third-order valence-corrected chi connectivity index (χ3v) is 4.74. The van der Waals surface area contributed by atoms with Crippen molar-refractivity contribution in [1.82, 2.24) is 4.31 Å². The fourth-order valence-corrected chi connectivity index (χ4v) is 3.64. The average Bonchev–Trinajstić information content (AvgIpc) is 2.43. The van der Waals surface area contributed by atoms with Crippen molar-refractivity contribution in [1.29, 1.82) is 0 Å². The van der Waals surface area contributed by atoms with Gasteiger partial charge < -0.3 is 0 Å². The van der Waals surface area contributed by atoms with E-state index in [4.69, 9.17) is 11.6 Å². The minimum Gasteiger partial charge on any atom is -0.212 e. The van der Waals surface area contributed by atoms with E-state index < -0.39 is 10.0 Å². The van der Waals surface area contributed by atoms with Gasteiger partial charge in [0.05, 0.1) is 5.75 Å². The quantitative estimate of drug-likeness (QED) is 0.700. The predicted octanol–water partition coefficient (Wildman–Crippen LogP) is 1.68. The largest absolute Gasteiger partial charge is 0.214 e. The van der Waals surface area contributed by atoms with Gasteiger partial charge in [0.15, 0.2) is 0 Å². The second-order valence-electron chi connectivity index (χ2n) is 4.61. The first-order chi connectivity index (χ1) is 6.37. The van der Waals surface area contributed by atoms with Crippen molar-refractivity contribution in [2.45, 2.75) is 26.7 Å². The zero-order valence-corrected chi connectivity index (χ0v) is 10.4. The van der Waals surface area contributed by atoms with E-state index in [1.807, 2.05) is 0 Å². The average molecular weight is 240 g/mol. The van der Waals surface area contributed by atoms with E-state index in [-0.39, 0.29) is 11.2 Å². The molecule has 1 aliphatic heterocycles. The summed E-state index contributed by atoms with van der Waals surface area (Å²) < 4.78 is 25.1. The van der Waals surface area contributed by atoms with Gasteiger partial charge in [0.2, 0.25) is 10.0 Å². The van der Waals surface area contributed by atoms with Crippen molar-refractivity contribution in [2.24, 2.45) is 5.41 Å². The van der Waals surface area contributed by atoms with Gasteiger partial charge in [-0.15, -0.1) is 11.6 Å². The van der Waals surface area contributed by atoms with Crippen LogP contribution in [0.3, 0.4) is 0 Å². The minimum atomic E-state index is -3.04. The van der Waals surface area contributed by atoms with E-state index >= 15 is 0 Å². The number of nitrogens with zero attached hydrogens (tertiary/aromatic N) is 1. The van der Waals surface area contributed by atoms with E-state index in [1.165, 1.54) is 0 Å². The normalized spacial score (nSPS) is 22.8. The maximum absolute atomic E-state index is 11.7. The van der Waals surface area contributed by atoms with Gasteiger partial charge in [-0.1, -0.05) is 13.8 Å². The molecule has 0 atom stereocenters. The van der Waals surface area contributed by atoms with E-state index in [1.54, 1.807) is 4.31 Å². The van der Waals surface area contributed by atoms with Crippen molar-refractivity contribution < 1.29 is 8.42 Å². The highest BCUT2D eigenvalue weighted by Gasteiger charge is 2.35. The fourth-order valence-electron chi connectivity index (χ4n) is 1.67. The first-order valence-corrected chi connectivity index (χ1v) is 7.06. The Morgan fingerprint density at radius 1 is 1.43 bits per heavy atom. The van der Waals surface area contributed by atoms with E-state index in [0.717, 1.165) is 6.42 Å². The number of rotatable bonds is 4. The van der Waals surface area contributed by atoms with Crippen LogP contribution in [0.4, 0.5) is 0 Å². The molecule has 0 unspecified atom stereocenters.